The van der Waals surface area contributed by atoms with Crippen molar-refractivity contribution in [3.05, 3.63) is 29.6 Å². The standard InChI is InChI=1S/C8H11N3O/c1-5-2-3-11-4-6(5)7(9)8(10)12/h2-4,7H,9H2,1H3,(H2,10,12). The third-order valence-electron chi connectivity index (χ3n) is 1.72. The average molecular weight is 165 g/mol. The zero-order chi connectivity index (χ0) is 9.14. The molecular formula is C8H11N3O. The number of nitrogens with two attached hydrogens (primary N) is 2. The average Bonchev–Trinajstić information content (AvgIpc) is 2.04. The Morgan fingerprint density at radius 3 is 2.83 bits per heavy atom. The van der Waals surface area contributed by atoms with Crippen molar-refractivity contribution >= 4 is 5.91 Å². The Balaban J connectivity index is 3.02. The minimum atomic E-state index is -0.751. The van der Waals surface area contributed by atoms with Gasteiger partial charge in [0.05, 0.1) is 0 Å². The van der Waals surface area contributed by atoms with Crippen LogP contribution in [0.1, 0.15) is 17.2 Å². The minimum Gasteiger partial charge on any atom is -0.368 e. The van der Waals surface area contributed by atoms with Gasteiger partial charge in [0, 0.05) is 12.4 Å². The van der Waals surface area contributed by atoms with Gasteiger partial charge in [-0.3, -0.25) is 9.78 Å². The van der Waals surface area contributed by atoms with E-state index in [0.29, 0.717) is 5.56 Å². The maximum absolute atomic E-state index is 10.7. The summed E-state index contributed by atoms with van der Waals surface area (Å²) in [5, 5.41) is 0. The van der Waals surface area contributed by atoms with Gasteiger partial charge < -0.3 is 11.5 Å². The topological polar surface area (TPSA) is 82.0 Å². The number of hydrogen-bond donors (Lipinski definition) is 2. The number of nitrogens with zero attached hydrogens (tertiary/aromatic N) is 1. The SMILES string of the molecule is Cc1ccncc1C(N)C(N)=O. The van der Waals surface area contributed by atoms with Gasteiger partial charge in [0.1, 0.15) is 6.04 Å². The smallest absolute Gasteiger partial charge is 0.239 e. The van der Waals surface area contributed by atoms with Crippen LogP contribution in [0.2, 0.25) is 0 Å². The molecule has 0 fully saturated rings. The second-order valence-corrected chi connectivity index (χ2v) is 2.61. The maximum Gasteiger partial charge on any atom is 0.239 e. The highest BCUT2D eigenvalue weighted by Gasteiger charge is 2.13. The Labute approximate surface area is 70.6 Å². The van der Waals surface area contributed by atoms with Crippen molar-refractivity contribution in [3.63, 3.8) is 0 Å². The summed E-state index contributed by atoms with van der Waals surface area (Å²) >= 11 is 0. The fourth-order valence-electron chi connectivity index (χ4n) is 0.955. The highest BCUT2D eigenvalue weighted by atomic mass is 16.1. The van der Waals surface area contributed by atoms with Gasteiger partial charge in [-0.05, 0) is 24.1 Å². The summed E-state index contributed by atoms with van der Waals surface area (Å²) in [7, 11) is 0. The third-order valence-corrected chi connectivity index (χ3v) is 1.72. The van der Waals surface area contributed by atoms with Gasteiger partial charge in [-0.1, -0.05) is 0 Å². The fraction of sp³-hybridized carbons (Fsp3) is 0.250. The molecule has 0 bridgehead atoms. The second-order valence-electron chi connectivity index (χ2n) is 2.61. The summed E-state index contributed by atoms with van der Waals surface area (Å²) in [5.41, 5.74) is 12.2. The van der Waals surface area contributed by atoms with Crippen molar-refractivity contribution < 1.29 is 4.79 Å². The van der Waals surface area contributed by atoms with E-state index in [0.717, 1.165) is 5.56 Å². The Morgan fingerprint density at radius 1 is 1.67 bits per heavy atom. The van der Waals surface area contributed by atoms with E-state index >= 15 is 0 Å². The molecule has 1 unspecified atom stereocenters. The molecule has 12 heavy (non-hydrogen) atoms. The van der Waals surface area contributed by atoms with Crippen LogP contribution in [-0.2, 0) is 4.79 Å². The molecule has 64 valence electrons. The molecule has 0 radical (unpaired) electrons. The fourth-order valence-corrected chi connectivity index (χ4v) is 0.955. The molecule has 0 saturated carbocycles. The summed E-state index contributed by atoms with van der Waals surface area (Å²) in [5.74, 6) is -0.536. The number of hydrogen-bond acceptors (Lipinski definition) is 3. The minimum absolute atomic E-state index is 0.536. The Hall–Kier alpha value is -1.42. The van der Waals surface area contributed by atoms with Gasteiger partial charge >= 0.3 is 0 Å². The molecule has 1 rings (SSSR count). The summed E-state index contributed by atoms with van der Waals surface area (Å²) in [6.45, 7) is 1.86. The molecular weight excluding hydrogens is 154 g/mol. The van der Waals surface area contributed by atoms with E-state index in [1.165, 1.54) is 0 Å². The van der Waals surface area contributed by atoms with Crippen LogP contribution in [0, 0.1) is 6.92 Å². The summed E-state index contributed by atoms with van der Waals surface area (Å²) in [4.78, 5) is 14.6. The number of primary amides is 1. The molecule has 0 aromatic carbocycles. The lowest BCUT2D eigenvalue weighted by Gasteiger charge is -2.09. The van der Waals surface area contributed by atoms with E-state index in [2.05, 4.69) is 4.98 Å². The second kappa shape index (κ2) is 3.32. The van der Waals surface area contributed by atoms with Gasteiger partial charge in [-0.25, -0.2) is 0 Å². The summed E-state index contributed by atoms with van der Waals surface area (Å²) in [6, 6.07) is 1.04. The van der Waals surface area contributed by atoms with Crippen LogP contribution in [0.25, 0.3) is 0 Å². The van der Waals surface area contributed by atoms with Crippen molar-refractivity contribution in [3.8, 4) is 0 Å². The first-order valence-electron chi connectivity index (χ1n) is 3.58. The quantitative estimate of drug-likeness (QED) is 0.640. The molecule has 0 spiro atoms. The highest BCUT2D eigenvalue weighted by Crippen LogP contribution is 2.12. The molecule has 0 aliphatic heterocycles. The molecule has 0 aliphatic carbocycles. The number of aromatic nitrogens is 1. The molecule has 0 aliphatic rings. The van der Waals surface area contributed by atoms with Crippen LogP contribution in [0.15, 0.2) is 18.5 Å². The van der Waals surface area contributed by atoms with Crippen molar-refractivity contribution in [2.24, 2.45) is 11.5 Å². The van der Waals surface area contributed by atoms with Gasteiger partial charge in [0.2, 0.25) is 5.91 Å². The molecule has 4 heteroatoms. The summed E-state index contributed by atoms with van der Waals surface area (Å²) in [6.07, 6.45) is 3.21. The van der Waals surface area contributed by atoms with E-state index in [-0.39, 0.29) is 0 Å². The largest absolute Gasteiger partial charge is 0.368 e. The first-order valence-corrected chi connectivity index (χ1v) is 3.58. The molecule has 1 heterocycles. The number of aryl methyl sites for hydroxylation is 1. The van der Waals surface area contributed by atoms with E-state index in [1.54, 1.807) is 18.5 Å². The van der Waals surface area contributed by atoms with Gasteiger partial charge in [-0.2, -0.15) is 0 Å². The van der Waals surface area contributed by atoms with Crippen LogP contribution in [-0.4, -0.2) is 10.9 Å². The Morgan fingerprint density at radius 2 is 2.33 bits per heavy atom. The van der Waals surface area contributed by atoms with E-state index < -0.39 is 11.9 Å². The first-order chi connectivity index (χ1) is 5.63. The van der Waals surface area contributed by atoms with E-state index in [4.69, 9.17) is 11.5 Å². The molecule has 1 amide bonds. The third kappa shape index (κ3) is 1.60. The van der Waals surface area contributed by atoms with Crippen LogP contribution < -0.4 is 11.5 Å². The number of rotatable bonds is 2. The molecule has 1 atom stereocenters. The predicted octanol–water partition coefficient (Wildman–Crippen LogP) is -0.125. The maximum atomic E-state index is 10.7. The van der Waals surface area contributed by atoms with Gasteiger partial charge in [0.25, 0.3) is 0 Å². The molecule has 1 aromatic rings. The highest BCUT2D eigenvalue weighted by molar-refractivity contribution is 5.81. The van der Waals surface area contributed by atoms with Gasteiger partial charge in [0.15, 0.2) is 0 Å². The van der Waals surface area contributed by atoms with Crippen molar-refractivity contribution in [2.45, 2.75) is 13.0 Å². The zero-order valence-corrected chi connectivity index (χ0v) is 6.82. The van der Waals surface area contributed by atoms with Crippen LogP contribution in [0.3, 0.4) is 0 Å². The number of carbonyl (C=O) groups excluding carboxylic acids is 1. The van der Waals surface area contributed by atoms with Crippen LogP contribution >= 0.6 is 0 Å². The summed E-state index contributed by atoms with van der Waals surface area (Å²) < 4.78 is 0. The van der Waals surface area contributed by atoms with Crippen molar-refractivity contribution in [1.29, 1.82) is 0 Å². The lowest BCUT2D eigenvalue weighted by atomic mass is 10.0. The molecule has 4 nitrogen and oxygen atoms in total. The number of amides is 1. The lowest BCUT2D eigenvalue weighted by Crippen LogP contribution is -2.28. The number of pyridine rings is 1. The molecule has 0 saturated heterocycles. The van der Waals surface area contributed by atoms with Gasteiger partial charge in [-0.15, -0.1) is 0 Å². The Kier molecular flexibility index (Phi) is 2.40. The zero-order valence-electron chi connectivity index (χ0n) is 6.82. The molecule has 1 aromatic heterocycles. The normalized spacial score (nSPS) is 12.5. The van der Waals surface area contributed by atoms with Crippen molar-refractivity contribution in [2.75, 3.05) is 0 Å². The Bertz CT molecular complexity index is 298. The molecule has 4 N–H and O–H groups in total. The number of carbonyl (C=O) groups is 1. The van der Waals surface area contributed by atoms with Crippen LogP contribution in [0.4, 0.5) is 0 Å². The monoisotopic (exact) mass is 165 g/mol. The predicted molar refractivity (Wildman–Crippen MR) is 45.1 cm³/mol. The van der Waals surface area contributed by atoms with Crippen LogP contribution in [0.5, 0.6) is 0 Å². The van der Waals surface area contributed by atoms with E-state index in [1.807, 2.05) is 6.92 Å². The lowest BCUT2D eigenvalue weighted by molar-refractivity contribution is -0.119. The first kappa shape index (κ1) is 8.67. The van der Waals surface area contributed by atoms with Crippen molar-refractivity contribution in [1.82, 2.24) is 4.98 Å². The van der Waals surface area contributed by atoms with E-state index in [9.17, 15) is 4.79 Å².